The molecule has 3 nitrogen and oxygen atoms in total. The van der Waals surface area contributed by atoms with E-state index in [-0.39, 0.29) is 5.41 Å². The van der Waals surface area contributed by atoms with Crippen LogP contribution in [0.1, 0.15) is 20.8 Å². The minimum Gasteiger partial charge on any atom is -0.497 e. The maximum Gasteiger partial charge on any atom is 0.229 e. The van der Waals surface area contributed by atoms with Gasteiger partial charge in [0.15, 0.2) is 0 Å². The van der Waals surface area contributed by atoms with Crippen molar-refractivity contribution in [2.45, 2.75) is 20.8 Å². The van der Waals surface area contributed by atoms with Gasteiger partial charge in [-0.05, 0) is 11.5 Å². The Morgan fingerprint density at radius 3 is 2.14 bits per heavy atom. The Morgan fingerprint density at radius 1 is 1.14 bits per heavy atom. The Bertz CT molecular complexity index is 340. The fourth-order valence-electron chi connectivity index (χ4n) is 1.25. The van der Waals surface area contributed by atoms with E-state index in [1.54, 1.807) is 6.08 Å². The van der Waals surface area contributed by atoms with Crippen LogP contribution in [0.4, 0.5) is 0 Å². The smallest absolute Gasteiger partial charge is 0.229 e. The summed E-state index contributed by atoms with van der Waals surface area (Å²) in [6.07, 6.45) is 2.85. The molecular formula is C11H14O3. The average molecular weight is 194 g/mol. The minimum atomic E-state index is -0.505. The monoisotopic (exact) mass is 194 g/mol. The van der Waals surface area contributed by atoms with E-state index in [1.807, 2.05) is 20.8 Å². The van der Waals surface area contributed by atoms with Gasteiger partial charge < -0.3 is 4.74 Å². The van der Waals surface area contributed by atoms with Crippen molar-refractivity contribution >= 4 is 11.6 Å². The minimum absolute atomic E-state index is 0.329. The van der Waals surface area contributed by atoms with Crippen LogP contribution in [-0.4, -0.2) is 18.7 Å². The van der Waals surface area contributed by atoms with Crippen molar-refractivity contribution < 1.29 is 14.3 Å². The van der Waals surface area contributed by atoms with Gasteiger partial charge in [-0.25, -0.2) is 0 Å². The van der Waals surface area contributed by atoms with Crippen LogP contribution in [0, 0.1) is 5.41 Å². The first-order chi connectivity index (χ1) is 6.36. The largest absolute Gasteiger partial charge is 0.497 e. The molecule has 0 radical (unpaired) electrons. The highest BCUT2D eigenvalue weighted by molar-refractivity contribution is 6.48. The number of carbonyl (C=O) groups excluding carboxylic acids is 2. The van der Waals surface area contributed by atoms with Crippen LogP contribution in [0.25, 0.3) is 0 Å². The predicted molar refractivity (Wildman–Crippen MR) is 52.6 cm³/mol. The van der Waals surface area contributed by atoms with Gasteiger partial charge in [-0.3, -0.25) is 9.59 Å². The molecule has 0 fully saturated rings. The zero-order valence-electron chi connectivity index (χ0n) is 8.88. The van der Waals surface area contributed by atoms with Gasteiger partial charge in [-0.15, -0.1) is 0 Å². The summed E-state index contributed by atoms with van der Waals surface area (Å²) in [4.78, 5) is 22.8. The third-order valence-electron chi connectivity index (χ3n) is 2.07. The van der Waals surface area contributed by atoms with Crippen LogP contribution < -0.4 is 0 Å². The van der Waals surface area contributed by atoms with Gasteiger partial charge in [0.05, 0.1) is 7.11 Å². The molecule has 0 N–H and O–H groups in total. The fraction of sp³-hybridized carbons (Fsp3) is 0.455. The second-order valence-corrected chi connectivity index (χ2v) is 4.25. The highest BCUT2D eigenvalue weighted by Gasteiger charge is 2.30. The molecule has 0 saturated carbocycles. The maximum absolute atomic E-state index is 11.5. The third-order valence-corrected chi connectivity index (χ3v) is 2.07. The van der Waals surface area contributed by atoms with Gasteiger partial charge in [-0.2, -0.15) is 0 Å². The maximum atomic E-state index is 11.5. The lowest BCUT2D eigenvalue weighted by molar-refractivity contribution is -0.132. The number of methoxy groups -OCH3 is 1. The van der Waals surface area contributed by atoms with Crippen LogP contribution in [0.15, 0.2) is 23.5 Å². The summed E-state index contributed by atoms with van der Waals surface area (Å²) in [6.45, 7) is 5.67. The van der Waals surface area contributed by atoms with Crippen molar-refractivity contribution in [2.75, 3.05) is 7.11 Å². The highest BCUT2D eigenvalue weighted by Crippen LogP contribution is 2.29. The van der Waals surface area contributed by atoms with Crippen molar-refractivity contribution in [2.24, 2.45) is 5.41 Å². The van der Waals surface area contributed by atoms with E-state index in [1.165, 1.54) is 13.2 Å². The molecule has 76 valence electrons. The summed E-state index contributed by atoms with van der Waals surface area (Å²) in [5.74, 6) is -0.493. The van der Waals surface area contributed by atoms with E-state index in [9.17, 15) is 9.59 Å². The Labute approximate surface area is 83.4 Å². The number of carbonyl (C=O) groups is 2. The van der Waals surface area contributed by atoms with Crippen LogP contribution >= 0.6 is 0 Å². The van der Waals surface area contributed by atoms with E-state index in [0.717, 1.165) is 0 Å². The van der Waals surface area contributed by atoms with Crippen molar-refractivity contribution in [3.05, 3.63) is 23.5 Å². The molecule has 14 heavy (non-hydrogen) atoms. The standard InChI is InChI=1S/C11H14O3/c1-11(2,3)8-5-7(14-4)6-9(12)10(8)13/h5-6H,1-4H3. The number of hydrogen-bond acceptors (Lipinski definition) is 3. The van der Waals surface area contributed by atoms with Gasteiger partial charge in [-0.1, -0.05) is 20.8 Å². The number of rotatable bonds is 1. The summed E-state index contributed by atoms with van der Waals surface area (Å²) in [5.41, 5.74) is 0.173. The number of ketones is 2. The van der Waals surface area contributed by atoms with Crippen LogP contribution in [0.2, 0.25) is 0 Å². The first-order valence-corrected chi connectivity index (χ1v) is 4.43. The van der Waals surface area contributed by atoms with E-state index in [2.05, 4.69) is 0 Å². The number of Topliss-reactive ketones (excluding diaryl/α,β-unsaturated/α-hetero) is 1. The van der Waals surface area contributed by atoms with Crippen molar-refractivity contribution in [3.63, 3.8) is 0 Å². The number of hydrogen-bond donors (Lipinski definition) is 0. The topological polar surface area (TPSA) is 43.4 Å². The summed E-state index contributed by atoms with van der Waals surface area (Å²) in [5, 5.41) is 0. The molecule has 3 heteroatoms. The Hall–Kier alpha value is -1.38. The summed E-state index contributed by atoms with van der Waals surface area (Å²) >= 11 is 0. The molecule has 0 saturated heterocycles. The van der Waals surface area contributed by atoms with E-state index in [0.29, 0.717) is 11.3 Å². The molecule has 0 aliphatic heterocycles. The number of ether oxygens (including phenoxy) is 1. The van der Waals surface area contributed by atoms with Crippen LogP contribution in [0.5, 0.6) is 0 Å². The van der Waals surface area contributed by atoms with Crippen molar-refractivity contribution in [1.29, 1.82) is 0 Å². The average Bonchev–Trinajstić information content (AvgIpc) is 2.07. The molecule has 0 amide bonds. The summed E-state index contributed by atoms with van der Waals surface area (Å²) < 4.78 is 4.95. The molecule has 0 unspecified atom stereocenters. The molecule has 0 spiro atoms. The molecule has 0 atom stereocenters. The number of allylic oxidation sites excluding steroid dienone is 3. The predicted octanol–water partition coefficient (Wildman–Crippen LogP) is 1.64. The zero-order valence-corrected chi connectivity index (χ0v) is 8.88. The molecule has 0 bridgehead atoms. The first-order valence-electron chi connectivity index (χ1n) is 4.43. The molecule has 0 aromatic rings. The van der Waals surface area contributed by atoms with E-state index < -0.39 is 11.6 Å². The lowest BCUT2D eigenvalue weighted by Crippen LogP contribution is -2.26. The van der Waals surface area contributed by atoms with Gasteiger partial charge >= 0.3 is 0 Å². The second kappa shape index (κ2) is 3.40. The van der Waals surface area contributed by atoms with E-state index >= 15 is 0 Å². The van der Waals surface area contributed by atoms with Gasteiger partial charge in [0.1, 0.15) is 5.76 Å². The van der Waals surface area contributed by atoms with E-state index in [4.69, 9.17) is 4.74 Å². The molecule has 0 heterocycles. The fourth-order valence-corrected chi connectivity index (χ4v) is 1.25. The molecular weight excluding hydrogens is 180 g/mol. The van der Waals surface area contributed by atoms with Crippen molar-refractivity contribution in [3.8, 4) is 0 Å². The normalized spacial score (nSPS) is 17.7. The molecule has 1 rings (SSSR count). The SMILES string of the molecule is COC1=CC(=O)C(=O)C(C(C)(C)C)=C1. The lowest BCUT2D eigenvalue weighted by atomic mass is 9.80. The van der Waals surface area contributed by atoms with Gasteiger partial charge in [0.2, 0.25) is 11.6 Å². The Kier molecular flexibility index (Phi) is 2.60. The lowest BCUT2D eigenvalue weighted by Gasteiger charge is -2.23. The molecule has 0 aromatic carbocycles. The summed E-state index contributed by atoms with van der Waals surface area (Å²) in [7, 11) is 1.48. The second-order valence-electron chi connectivity index (χ2n) is 4.25. The van der Waals surface area contributed by atoms with Crippen LogP contribution in [-0.2, 0) is 14.3 Å². The highest BCUT2D eigenvalue weighted by atomic mass is 16.5. The third kappa shape index (κ3) is 1.92. The molecule has 1 aliphatic carbocycles. The van der Waals surface area contributed by atoms with Crippen LogP contribution in [0.3, 0.4) is 0 Å². The Balaban J connectivity index is 3.16. The Morgan fingerprint density at radius 2 is 1.71 bits per heavy atom. The zero-order chi connectivity index (χ0) is 10.9. The molecule has 1 aliphatic rings. The van der Waals surface area contributed by atoms with Crippen molar-refractivity contribution in [1.82, 2.24) is 0 Å². The van der Waals surface area contributed by atoms with Gasteiger partial charge in [0, 0.05) is 11.6 Å². The first kappa shape index (κ1) is 10.7. The van der Waals surface area contributed by atoms with Gasteiger partial charge in [0.25, 0.3) is 0 Å². The quantitative estimate of drug-likeness (QED) is 0.471. The molecule has 0 aromatic heterocycles. The summed E-state index contributed by atoms with van der Waals surface area (Å²) in [6, 6.07) is 0.